The molecule has 1 heterocycles. The van der Waals surface area contributed by atoms with Gasteiger partial charge in [-0.05, 0) is 12.8 Å². The van der Waals surface area contributed by atoms with E-state index in [1.165, 1.54) is 6.20 Å². The first-order chi connectivity index (χ1) is 7.86. The monoisotopic (exact) mass is 213 g/mol. The van der Waals surface area contributed by atoms with Crippen molar-refractivity contribution in [1.82, 2.24) is 9.97 Å². The maximum atomic E-state index is 8.95. The molecule has 0 atom stereocenters. The molecule has 1 aromatic rings. The summed E-state index contributed by atoms with van der Waals surface area (Å²) in [6.45, 7) is 0.620. The molecule has 0 saturated heterocycles. The van der Waals surface area contributed by atoms with Gasteiger partial charge in [0.25, 0.3) is 0 Å². The van der Waals surface area contributed by atoms with Crippen molar-refractivity contribution in [2.75, 3.05) is 11.4 Å². The van der Waals surface area contributed by atoms with E-state index in [2.05, 4.69) is 16.0 Å². The van der Waals surface area contributed by atoms with E-state index in [1.54, 1.807) is 6.20 Å². The summed E-state index contributed by atoms with van der Waals surface area (Å²) in [4.78, 5) is 10.2. The van der Waals surface area contributed by atoms with Crippen LogP contribution < -0.4 is 4.90 Å². The summed E-state index contributed by atoms with van der Waals surface area (Å²) in [5.74, 6) is 0.614. The van der Waals surface area contributed by atoms with Gasteiger partial charge >= 0.3 is 0 Å². The van der Waals surface area contributed by atoms with E-state index in [9.17, 15) is 0 Å². The molecule has 1 aromatic heterocycles. The van der Waals surface area contributed by atoms with E-state index >= 15 is 0 Å². The van der Waals surface area contributed by atoms with Gasteiger partial charge in [-0.2, -0.15) is 10.5 Å². The topological polar surface area (TPSA) is 76.6 Å². The molecule has 1 aliphatic rings. The summed E-state index contributed by atoms with van der Waals surface area (Å²) in [5, 5.41) is 17.6. The van der Waals surface area contributed by atoms with Gasteiger partial charge in [0, 0.05) is 25.0 Å². The molecular formula is C11H11N5. The lowest BCUT2D eigenvalue weighted by Gasteiger charge is -2.22. The summed E-state index contributed by atoms with van der Waals surface area (Å²) >= 11 is 0. The zero-order valence-electron chi connectivity index (χ0n) is 8.80. The number of nitriles is 2. The Bertz CT molecular complexity index is 452. The van der Waals surface area contributed by atoms with Crippen molar-refractivity contribution in [2.45, 2.75) is 25.3 Å². The number of hydrogen-bond acceptors (Lipinski definition) is 5. The average Bonchev–Trinajstić information content (AvgIpc) is 3.14. The van der Waals surface area contributed by atoms with Gasteiger partial charge in [-0.1, -0.05) is 0 Å². The van der Waals surface area contributed by atoms with Crippen molar-refractivity contribution in [1.29, 1.82) is 10.5 Å². The highest BCUT2D eigenvalue weighted by atomic mass is 15.2. The molecule has 80 valence electrons. The van der Waals surface area contributed by atoms with Crippen LogP contribution in [0.1, 0.15) is 25.0 Å². The van der Waals surface area contributed by atoms with Crippen molar-refractivity contribution >= 4 is 5.82 Å². The standard InChI is InChI=1S/C11H11N5/c12-4-1-7-16(9-2-3-9)11-10(8-13)14-5-6-15-11/h5-6,9H,1-3,7H2. The summed E-state index contributed by atoms with van der Waals surface area (Å²) < 4.78 is 0. The SMILES string of the molecule is N#CCCN(c1nccnc1C#N)C1CC1. The van der Waals surface area contributed by atoms with Crippen molar-refractivity contribution in [3.8, 4) is 12.1 Å². The summed E-state index contributed by atoms with van der Waals surface area (Å²) in [6.07, 6.45) is 5.74. The maximum absolute atomic E-state index is 8.95. The van der Waals surface area contributed by atoms with Crippen LogP contribution in [0, 0.1) is 22.7 Å². The minimum absolute atomic E-state index is 0.340. The van der Waals surface area contributed by atoms with Crippen molar-refractivity contribution in [2.24, 2.45) is 0 Å². The molecule has 0 N–H and O–H groups in total. The second kappa shape index (κ2) is 4.59. The Labute approximate surface area is 94.0 Å². The Morgan fingerprint density at radius 3 is 2.69 bits per heavy atom. The third-order valence-electron chi connectivity index (χ3n) is 2.51. The fourth-order valence-electron chi connectivity index (χ4n) is 1.64. The molecule has 0 aromatic carbocycles. The van der Waals surface area contributed by atoms with Crippen LogP contribution in [-0.2, 0) is 0 Å². The Balaban J connectivity index is 2.25. The Morgan fingerprint density at radius 1 is 1.31 bits per heavy atom. The lowest BCUT2D eigenvalue weighted by atomic mass is 10.3. The molecule has 0 bridgehead atoms. The van der Waals surface area contributed by atoms with Crippen molar-refractivity contribution < 1.29 is 0 Å². The van der Waals surface area contributed by atoms with Gasteiger partial charge in [0.1, 0.15) is 6.07 Å². The van der Waals surface area contributed by atoms with Crippen LogP contribution in [0.3, 0.4) is 0 Å². The van der Waals surface area contributed by atoms with E-state index in [0.29, 0.717) is 30.5 Å². The fraction of sp³-hybridized carbons (Fsp3) is 0.455. The molecule has 1 fully saturated rings. The lowest BCUT2D eigenvalue weighted by Crippen LogP contribution is -2.28. The molecular weight excluding hydrogens is 202 g/mol. The first-order valence-electron chi connectivity index (χ1n) is 5.21. The lowest BCUT2D eigenvalue weighted by molar-refractivity contribution is 0.772. The molecule has 2 rings (SSSR count). The molecule has 0 spiro atoms. The Kier molecular flexibility index (Phi) is 2.98. The zero-order chi connectivity index (χ0) is 11.4. The minimum atomic E-state index is 0.340. The van der Waals surface area contributed by atoms with Gasteiger partial charge in [0.15, 0.2) is 11.5 Å². The van der Waals surface area contributed by atoms with Crippen molar-refractivity contribution in [3.63, 3.8) is 0 Å². The second-order valence-corrected chi connectivity index (χ2v) is 3.67. The number of aromatic nitrogens is 2. The molecule has 1 saturated carbocycles. The van der Waals surface area contributed by atoms with Crippen LogP contribution >= 0.6 is 0 Å². The molecule has 16 heavy (non-hydrogen) atoms. The second-order valence-electron chi connectivity index (χ2n) is 3.67. The van der Waals surface area contributed by atoms with Crippen LogP contribution in [0.15, 0.2) is 12.4 Å². The summed E-state index contributed by atoms with van der Waals surface area (Å²) in [6, 6.07) is 4.58. The van der Waals surface area contributed by atoms with Crippen LogP contribution in [-0.4, -0.2) is 22.6 Å². The quantitative estimate of drug-likeness (QED) is 0.751. The van der Waals surface area contributed by atoms with Crippen molar-refractivity contribution in [3.05, 3.63) is 18.1 Å². The van der Waals surface area contributed by atoms with E-state index < -0.39 is 0 Å². The number of nitrogens with zero attached hydrogens (tertiary/aromatic N) is 5. The molecule has 0 radical (unpaired) electrons. The first kappa shape index (κ1) is 10.4. The molecule has 1 aliphatic carbocycles. The third-order valence-corrected chi connectivity index (χ3v) is 2.51. The van der Waals surface area contributed by atoms with Gasteiger partial charge in [0.2, 0.25) is 0 Å². The van der Waals surface area contributed by atoms with Crippen LogP contribution in [0.2, 0.25) is 0 Å². The fourth-order valence-corrected chi connectivity index (χ4v) is 1.64. The van der Waals surface area contributed by atoms with Crippen LogP contribution in [0.25, 0.3) is 0 Å². The highest BCUT2D eigenvalue weighted by Crippen LogP contribution is 2.31. The molecule has 0 amide bonds. The summed E-state index contributed by atoms with van der Waals surface area (Å²) in [5.41, 5.74) is 0.340. The van der Waals surface area contributed by atoms with Gasteiger partial charge < -0.3 is 4.90 Å². The van der Waals surface area contributed by atoms with E-state index in [0.717, 1.165) is 12.8 Å². The summed E-state index contributed by atoms with van der Waals surface area (Å²) in [7, 11) is 0. The van der Waals surface area contributed by atoms with E-state index in [4.69, 9.17) is 10.5 Å². The third kappa shape index (κ3) is 2.09. The van der Waals surface area contributed by atoms with Crippen LogP contribution in [0.5, 0.6) is 0 Å². The number of rotatable bonds is 4. The predicted molar refractivity (Wildman–Crippen MR) is 57.3 cm³/mol. The predicted octanol–water partition coefficient (Wildman–Crippen LogP) is 1.23. The molecule has 0 unspecified atom stereocenters. The van der Waals surface area contributed by atoms with E-state index in [-0.39, 0.29) is 0 Å². The highest BCUT2D eigenvalue weighted by molar-refractivity contribution is 5.51. The average molecular weight is 213 g/mol. The van der Waals surface area contributed by atoms with Gasteiger partial charge in [-0.25, -0.2) is 9.97 Å². The zero-order valence-corrected chi connectivity index (χ0v) is 8.80. The maximum Gasteiger partial charge on any atom is 0.183 e. The van der Waals surface area contributed by atoms with Gasteiger partial charge in [-0.15, -0.1) is 0 Å². The largest absolute Gasteiger partial charge is 0.350 e. The Morgan fingerprint density at radius 2 is 2.06 bits per heavy atom. The number of anilines is 1. The molecule has 5 nitrogen and oxygen atoms in total. The smallest absolute Gasteiger partial charge is 0.183 e. The molecule has 5 heteroatoms. The Hall–Kier alpha value is -2.14. The van der Waals surface area contributed by atoms with Gasteiger partial charge in [-0.3, -0.25) is 0 Å². The van der Waals surface area contributed by atoms with E-state index in [1.807, 2.05) is 11.0 Å². The highest BCUT2D eigenvalue weighted by Gasteiger charge is 2.31. The van der Waals surface area contributed by atoms with Gasteiger partial charge in [0.05, 0.1) is 12.5 Å². The first-order valence-corrected chi connectivity index (χ1v) is 5.21. The normalized spacial score (nSPS) is 13.9. The number of hydrogen-bond donors (Lipinski definition) is 0. The molecule has 0 aliphatic heterocycles. The van der Waals surface area contributed by atoms with Crippen LogP contribution in [0.4, 0.5) is 5.82 Å². The minimum Gasteiger partial charge on any atom is -0.350 e.